The van der Waals surface area contributed by atoms with Crippen molar-refractivity contribution in [1.82, 2.24) is 15.0 Å². The van der Waals surface area contributed by atoms with Crippen molar-refractivity contribution < 1.29 is 9.53 Å². The molecule has 7 heteroatoms. The van der Waals surface area contributed by atoms with Crippen molar-refractivity contribution in [3.8, 4) is 0 Å². The molecule has 1 heterocycles. The van der Waals surface area contributed by atoms with Gasteiger partial charge in [-0.2, -0.15) is 0 Å². The maximum atomic E-state index is 11.8. The summed E-state index contributed by atoms with van der Waals surface area (Å²) in [5.41, 5.74) is 0.244. The fourth-order valence-corrected chi connectivity index (χ4v) is 1.44. The second-order valence-electron chi connectivity index (χ2n) is 4.51. The van der Waals surface area contributed by atoms with Crippen molar-refractivity contribution >= 4 is 11.8 Å². The highest BCUT2D eigenvalue weighted by Crippen LogP contribution is 2.15. The Morgan fingerprint density at radius 1 is 1.40 bits per heavy atom. The SMILES string of the molecule is CCCCOC(=O)c1[nH]cnc1/N=N/N(C)CCCC. The minimum Gasteiger partial charge on any atom is -0.461 e. The highest BCUT2D eigenvalue weighted by atomic mass is 16.5. The third kappa shape index (κ3) is 5.38. The maximum absolute atomic E-state index is 11.8. The summed E-state index contributed by atoms with van der Waals surface area (Å²) in [4.78, 5) is 18.5. The molecular weight excluding hydrogens is 258 g/mol. The van der Waals surface area contributed by atoms with Crippen LogP contribution in [0.15, 0.2) is 16.7 Å². The van der Waals surface area contributed by atoms with Crippen molar-refractivity contribution in [3.63, 3.8) is 0 Å². The normalized spacial score (nSPS) is 10.9. The summed E-state index contributed by atoms with van der Waals surface area (Å²) < 4.78 is 5.11. The molecule has 0 fully saturated rings. The molecule has 112 valence electrons. The molecule has 1 aromatic rings. The first kappa shape index (κ1) is 16.1. The summed E-state index contributed by atoms with van der Waals surface area (Å²) in [6.07, 6.45) is 5.37. The van der Waals surface area contributed by atoms with E-state index >= 15 is 0 Å². The minimum absolute atomic E-state index is 0.244. The summed E-state index contributed by atoms with van der Waals surface area (Å²) in [6.45, 7) is 5.38. The Morgan fingerprint density at radius 2 is 2.15 bits per heavy atom. The number of H-pyrrole nitrogens is 1. The van der Waals surface area contributed by atoms with E-state index in [-0.39, 0.29) is 11.5 Å². The Kier molecular flexibility index (Phi) is 7.31. The van der Waals surface area contributed by atoms with Crippen LogP contribution in [0.4, 0.5) is 5.82 Å². The van der Waals surface area contributed by atoms with E-state index in [9.17, 15) is 4.79 Å². The van der Waals surface area contributed by atoms with Gasteiger partial charge in [-0.25, -0.2) is 9.78 Å². The van der Waals surface area contributed by atoms with Gasteiger partial charge in [0.2, 0.25) is 5.82 Å². The lowest BCUT2D eigenvalue weighted by molar-refractivity contribution is 0.0494. The molecule has 1 N–H and O–H groups in total. The number of aromatic amines is 1. The monoisotopic (exact) mass is 281 g/mol. The lowest BCUT2D eigenvalue weighted by atomic mass is 10.3. The van der Waals surface area contributed by atoms with Gasteiger partial charge >= 0.3 is 5.97 Å². The second kappa shape index (κ2) is 9.06. The number of nitrogens with one attached hydrogen (secondary N) is 1. The van der Waals surface area contributed by atoms with Gasteiger partial charge in [0.1, 0.15) is 0 Å². The summed E-state index contributed by atoms with van der Waals surface area (Å²) in [5, 5.41) is 9.71. The number of rotatable bonds is 9. The number of nitrogens with zero attached hydrogens (tertiary/aromatic N) is 4. The lowest BCUT2D eigenvalue weighted by Gasteiger charge is -2.09. The number of hydrogen-bond donors (Lipinski definition) is 1. The summed E-state index contributed by atoms with van der Waals surface area (Å²) in [7, 11) is 1.84. The zero-order chi connectivity index (χ0) is 14.8. The van der Waals surface area contributed by atoms with Crippen LogP contribution in [0, 0.1) is 0 Å². The van der Waals surface area contributed by atoms with E-state index in [4.69, 9.17) is 4.74 Å². The first-order valence-corrected chi connectivity index (χ1v) is 7.02. The number of esters is 1. The molecule has 0 saturated heterocycles. The van der Waals surface area contributed by atoms with Gasteiger partial charge in [0.05, 0.1) is 12.9 Å². The fraction of sp³-hybridized carbons (Fsp3) is 0.692. The largest absolute Gasteiger partial charge is 0.461 e. The molecule has 0 bridgehead atoms. The zero-order valence-electron chi connectivity index (χ0n) is 12.4. The second-order valence-corrected chi connectivity index (χ2v) is 4.51. The molecule has 0 aromatic carbocycles. The fourth-order valence-electron chi connectivity index (χ4n) is 1.44. The molecule has 0 amide bonds. The Bertz CT molecular complexity index is 430. The molecule has 0 aliphatic heterocycles. The van der Waals surface area contributed by atoms with Crippen LogP contribution in [-0.2, 0) is 4.74 Å². The van der Waals surface area contributed by atoms with Crippen LogP contribution in [0.1, 0.15) is 50.0 Å². The molecule has 0 saturated carbocycles. The Labute approximate surface area is 119 Å². The molecule has 1 rings (SSSR count). The van der Waals surface area contributed by atoms with Crippen molar-refractivity contribution in [2.24, 2.45) is 10.3 Å². The molecule has 0 spiro atoms. The van der Waals surface area contributed by atoms with Crippen molar-refractivity contribution in [1.29, 1.82) is 0 Å². The van der Waals surface area contributed by atoms with Crippen molar-refractivity contribution in [2.45, 2.75) is 39.5 Å². The van der Waals surface area contributed by atoms with Gasteiger partial charge in [-0.15, -0.1) is 5.11 Å². The number of carbonyl (C=O) groups is 1. The Balaban J connectivity index is 2.57. The molecule has 0 aliphatic carbocycles. The van der Waals surface area contributed by atoms with Crippen molar-refractivity contribution in [3.05, 3.63) is 12.0 Å². The molecule has 1 aromatic heterocycles. The van der Waals surface area contributed by atoms with E-state index in [1.54, 1.807) is 5.01 Å². The quantitative estimate of drug-likeness (QED) is 0.326. The van der Waals surface area contributed by atoms with Gasteiger partial charge in [0, 0.05) is 13.6 Å². The third-order valence-corrected chi connectivity index (χ3v) is 2.68. The van der Waals surface area contributed by atoms with Gasteiger partial charge in [0.25, 0.3) is 0 Å². The molecule has 20 heavy (non-hydrogen) atoms. The van der Waals surface area contributed by atoms with Crippen LogP contribution in [-0.4, -0.2) is 41.1 Å². The molecule has 0 radical (unpaired) electrons. The van der Waals surface area contributed by atoms with E-state index in [1.165, 1.54) is 6.33 Å². The summed E-state index contributed by atoms with van der Waals surface area (Å²) in [5.74, 6) is -0.184. The minimum atomic E-state index is -0.443. The smallest absolute Gasteiger partial charge is 0.358 e. The number of unbranched alkanes of at least 4 members (excludes halogenated alkanes) is 2. The predicted octanol–water partition coefficient (Wildman–Crippen LogP) is 3.10. The van der Waals surface area contributed by atoms with Crippen LogP contribution in [0.5, 0.6) is 0 Å². The van der Waals surface area contributed by atoms with Crippen LogP contribution in [0.25, 0.3) is 0 Å². The number of imidazole rings is 1. The molecule has 0 unspecified atom stereocenters. The molecule has 0 atom stereocenters. The average Bonchev–Trinajstić information content (AvgIpc) is 2.91. The number of hydrogen-bond acceptors (Lipinski definition) is 5. The molecule has 0 aliphatic rings. The highest BCUT2D eigenvalue weighted by Gasteiger charge is 2.15. The van der Waals surface area contributed by atoms with E-state index in [2.05, 4.69) is 27.2 Å². The van der Waals surface area contributed by atoms with E-state index in [1.807, 2.05) is 14.0 Å². The van der Waals surface area contributed by atoms with Crippen LogP contribution in [0.2, 0.25) is 0 Å². The summed E-state index contributed by atoms with van der Waals surface area (Å²) >= 11 is 0. The lowest BCUT2D eigenvalue weighted by Crippen LogP contribution is -2.11. The van der Waals surface area contributed by atoms with Crippen LogP contribution >= 0.6 is 0 Å². The number of carbonyl (C=O) groups excluding carboxylic acids is 1. The van der Waals surface area contributed by atoms with Crippen molar-refractivity contribution in [2.75, 3.05) is 20.2 Å². The van der Waals surface area contributed by atoms with Gasteiger partial charge in [-0.05, 0) is 12.8 Å². The van der Waals surface area contributed by atoms with Gasteiger partial charge in [0.15, 0.2) is 5.69 Å². The topological polar surface area (TPSA) is 82.9 Å². The third-order valence-electron chi connectivity index (χ3n) is 2.68. The zero-order valence-corrected chi connectivity index (χ0v) is 12.4. The first-order valence-electron chi connectivity index (χ1n) is 7.02. The van der Waals surface area contributed by atoms with E-state index in [0.717, 1.165) is 32.2 Å². The number of aromatic nitrogens is 2. The van der Waals surface area contributed by atoms with Gasteiger partial charge in [-0.3, -0.25) is 5.01 Å². The van der Waals surface area contributed by atoms with Gasteiger partial charge in [-0.1, -0.05) is 31.9 Å². The molecular formula is C13H23N5O2. The van der Waals surface area contributed by atoms with E-state index < -0.39 is 5.97 Å². The Hall–Kier alpha value is -1.92. The standard InChI is InChI=1S/C13H23N5O2/c1-4-6-8-18(3)17-16-12-11(14-10-15-12)13(19)20-9-7-5-2/h10H,4-9H2,1-3H3,(H,14,15)/b17-16+. The van der Waals surface area contributed by atoms with E-state index in [0.29, 0.717) is 6.61 Å². The van der Waals surface area contributed by atoms with Crippen LogP contribution < -0.4 is 0 Å². The number of ether oxygens (including phenoxy) is 1. The first-order chi connectivity index (χ1) is 9.69. The van der Waals surface area contributed by atoms with Gasteiger partial charge < -0.3 is 9.72 Å². The Morgan fingerprint density at radius 3 is 2.85 bits per heavy atom. The maximum Gasteiger partial charge on any atom is 0.358 e. The highest BCUT2D eigenvalue weighted by molar-refractivity contribution is 5.91. The molecule has 7 nitrogen and oxygen atoms in total. The summed E-state index contributed by atoms with van der Waals surface area (Å²) in [6, 6.07) is 0. The average molecular weight is 281 g/mol. The van der Waals surface area contributed by atoms with Crippen LogP contribution in [0.3, 0.4) is 0 Å². The predicted molar refractivity (Wildman–Crippen MR) is 75.8 cm³/mol.